The lowest BCUT2D eigenvalue weighted by Gasteiger charge is -2.57. The number of hydrogen-bond acceptors (Lipinski definition) is 9. The van der Waals surface area contributed by atoms with Crippen molar-refractivity contribution in [1.29, 1.82) is 0 Å². The Morgan fingerprint density at radius 1 is 1.02 bits per heavy atom. The molecule has 0 saturated carbocycles. The third-order valence-corrected chi connectivity index (χ3v) is 8.22. The maximum Gasteiger partial charge on any atom is 0.238 e. The van der Waals surface area contributed by atoms with E-state index in [4.69, 9.17) is 36.1 Å². The number of carbonyl (C=O) groups excluding carboxylic acids is 3. The van der Waals surface area contributed by atoms with Crippen LogP contribution in [-0.2, 0) is 37.8 Å². The second-order valence-electron chi connectivity index (χ2n) is 13.3. The van der Waals surface area contributed by atoms with Crippen LogP contribution in [0, 0.1) is 12.7 Å². The van der Waals surface area contributed by atoms with Crippen molar-refractivity contribution in [2.45, 2.75) is 81.0 Å². The summed E-state index contributed by atoms with van der Waals surface area (Å²) in [5.74, 6) is -1.92. The SMILES string of the molecule is [B]C(O)(c1c(C)cccc1NCc1cccc(CN2CC(C)(C)OC(C)(C)C2)c1F)N(C=O)C([B])(C(=O)NC)C([B])(O)C([B])(O)C=O. The van der Waals surface area contributed by atoms with E-state index in [2.05, 4.69) is 15.5 Å². The number of hydrogen-bond donors (Lipinski definition) is 5. The average molecular weight is 642 g/mol. The molecule has 2 amide bonds. The van der Waals surface area contributed by atoms with Gasteiger partial charge in [-0.1, -0.05) is 30.3 Å². The number of amides is 2. The molecule has 2 aromatic rings. The number of rotatable bonds is 13. The van der Waals surface area contributed by atoms with E-state index in [1.165, 1.54) is 19.1 Å². The van der Waals surface area contributed by atoms with Crippen LogP contribution in [0.25, 0.3) is 0 Å². The molecule has 0 spiro atoms. The van der Waals surface area contributed by atoms with E-state index in [1.54, 1.807) is 24.3 Å². The maximum absolute atomic E-state index is 15.9. The zero-order chi connectivity index (χ0) is 35.8. The summed E-state index contributed by atoms with van der Waals surface area (Å²) in [7, 11) is 24.8. The normalized spacial score (nSPS) is 21.1. The molecule has 4 unspecified atom stereocenters. The van der Waals surface area contributed by atoms with E-state index in [0.29, 0.717) is 25.2 Å². The molecule has 8 radical (unpaired) electrons. The van der Waals surface area contributed by atoms with Crippen molar-refractivity contribution in [2.24, 2.45) is 0 Å². The number of aryl methyl sites for hydroxylation is 1. The van der Waals surface area contributed by atoms with Crippen molar-refractivity contribution in [1.82, 2.24) is 15.1 Å². The van der Waals surface area contributed by atoms with Crippen LogP contribution in [0.3, 0.4) is 0 Å². The van der Waals surface area contributed by atoms with Crippen molar-refractivity contribution >= 4 is 55.7 Å². The summed E-state index contributed by atoms with van der Waals surface area (Å²) in [4.78, 5) is 39.3. The average Bonchev–Trinajstić information content (AvgIpc) is 2.95. The fourth-order valence-corrected chi connectivity index (χ4v) is 6.29. The van der Waals surface area contributed by atoms with Crippen LogP contribution in [0.2, 0.25) is 0 Å². The number of nitrogens with zero attached hydrogens (tertiary/aromatic N) is 2. The molecule has 11 nitrogen and oxygen atoms in total. The third-order valence-electron chi connectivity index (χ3n) is 8.22. The van der Waals surface area contributed by atoms with Crippen LogP contribution < -0.4 is 10.6 Å². The quantitative estimate of drug-likeness (QED) is 0.110. The maximum atomic E-state index is 15.9. The number of nitrogens with one attached hydrogen (secondary N) is 2. The molecule has 1 heterocycles. The van der Waals surface area contributed by atoms with E-state index in [-0.39, 0.29) is 40.2 Å². The van der Waals surface area contributed by atoms with E-state index in [9.17, 15) is 29.7 Å². The molecule has 0 aliphatic carbocycles. The molecule has 2 aromatic carbocycles. The number of anilines is 1. The first-order valence-electron chi connectivity index (χ1n) is 14.8. The monoisotopic (exact) mass is 642 g/mol. The summed E-state index contributed by atoms with van der Waals surface area (Å²) >= 11 is 0. The zero-order valence-corrected chi connectivity index (χ0v) is 27.5. The number of benzene rings is 2. The minimum absolute atomic E-state index is 0.0280. The van der Waals surface area contributed by atoms with Crippen molar-refractivity contribution in [3.63, 3.8) is 0 Å². The number of halogens is 1. The first kappa shape index (κ1) is 38.3. The minimum atomic E-state index is -3.62. The van der Waals surface area contributed by atoms with E-state index >= 15 is 4.39 Å². The second-order valence-corrected chi connectivity index (χ2v) is 13.3. The smallest absolute Gasteiger partial charge is 0.238 e. The minimum Gasteiger partial charge on any atom is -0.395 e. The summed E-state index contributed by atoms with van der Waals surface area (Å²) in [6.07, 6.45) is -0.609. The first-order chi connectivity index (χ1) is 21.5. The van der Waals surface area contributed by atoms with Crippen LogP contribution >= 0.6 is 0 Å². The molecular formula is C31H39B4FN4O7. The number of carbonyl (C=O) groups is 3. The van der Waals surface area contributed by atoms with Crippen LogP contribution in [-0.4, -0.2) is 123 Å². The second kappa shape index (κ2) is 13.4. The van der Waals surface area contributed by atoms with Gasteiger partial charge < -0.3 is 40.4 Å². The fourth-order valence-electron chi connectivity index (χ4n) is 6.29. The van der Waals surface area contributed by atoms with Gasteiger partial charge in [-0.25, -0.2) is 4.39 Å². The summed E-state index contributed by atoms with van der Waals surface area (Å²) in [6.45, 7) is 10.8. The summed E-state index contributed by atoms with van der Waals surface area (Å²) in [5.41, 5.74) is -13.5. The van der Waals surface area contributed by atoms with Crippen molar-refractivity contribution in [3.05, 3.63) is 64.5 Å². The Balaban J connectivity index is 2.02. The number of aldehydes is 1. The van der Waals surface area contributed by atoms with Crippen LogP contribution in [0.4, 0.5) is 10.1 Å². The summed E-state index contributed by atoms with van der Waals surface area (Å²) in [5, 5.41) is 38.2. The number of morpholine rings is 1. The largest absolute Gasteiger partial charge is 0.395 e. The molecule has 4 atom stereocenters. The molecule has 1 saturated heterocycles. The van der Waals surface area contributed by atoms with Gasteiger partial charge in [0.25, 0.3) is 0 Å². The fraction of sp³-hybridized carbons (Fsp3) is 0.516. The predicted octanol–water partition coefficient (Wildman–Crippen LogP) is -0.611. The van der Waals surface area contributed by atoms with Gasteiger partial charge in [-0.2, -0.15) is 0 Å². The molecule has 0 bridgehead atoms. The predicted molar refractivity (Wildman–Crippen MR) is 177 cm³/mol. The molecule has 16 heteroatoms. The van der Waals surface area contributed by atoms with Crippen molar-refractivity contribution < 1.29 is 38.8 Å². The van der Waals surface area contributed by atoms with Crippen LogP contribution in [0.15, 0.2) is 36.4 Å². The highest BCUT2D eigenvalue weighted by atomic mass is 19.1. The Morgan fingerprint density at radius 3 is 2.11 bits per heavy atom. The molecular weight excluding hydrogens is 603 g/mol. The van der Waals surface area contributed by atoms with Gasteiger partial charge in [0, 0.05) is 55.6 Å². The van der Waals surface area contributed by atoms with Gasteiger partial charge in [0.15, 0.2) is 7.85 Å². The van der Waals surface area contributed by atoms with Gasteiger partial charge in [-0.15, -0.1) is 0 Å². The standard InChI is InChI=1S/C31H39B4FN4O7/c1-19-9-7-12-22(23(19)30(34,45)40(18-42)29(33,25(43)37-6)31(35,46)28(32,44)17-41)38-13-20-10-8-11-21(24(20)36)14-39-15-26(2,3)47-27(4,5)16-39/h7-12,17-18,38,44-46H,13-16H2,1-6H3,(H,37,43). The molecule has 244 valence electrons. The van der Waals surface area contributed by atoms with E-state index < -0.39 is 51.3 Å². The van der Waals surface area contributed by atoms with Gasteiger partial charge in [-0.3, -0.25) is 14.5 Å². The molecule has 5 N–H and O–H groups in total. The van der Waals surface area contributed by atoms with Crippen molar-refractivity contribution in [3.8, 4) is 0 Å². The molecule has 0 aromatic heterocycles. The summed E-state index contributed by atoms with van der Waals surface area (Å²) in [6, 6.07) is 9.53. The highest BCUT2D eigenvalue weighted by Gasteiger charge is 2.62. The lowest BCUT2D eigenvalue weighted by atomic mass is 9.44. The van der Waals surface area contributed by atoms with Gasteiger partial charge in [0.2, 0.25) is 12.3 Å². The van der Waals surface area contributed by atoms with E-state index in [1.807, 2.05) is 27.7 Å². The van der Waals surface area contributed by atoms with Gasteiger partial charge >= 0.3 is 0 Å². The Kier molecular flexibility index (Phi) is 10.9. The molecule has 1 aliphatic heterocycles. The third kappa shape index (κ3) is 7.31. The van der Waals surface area contributed by atoms with Gasteiger partial charge in [-0.05, 0) is 46.2 Å². The van der Waals surface area contributed by atoms with E-state index in [0.717, 1.165) is 7.05 Å². The molecule has 3 rings (SSSR count). The Morgan fingerprint density at radius 2 is 1.57 bits per heavy atom. The topological polar surface area (TPSA) is 152 Å². The number of aliphatic hydroxyl groups is 3. The number of ether oxygens (including phenoxy) is 1. The first-order valence-corrected chi connectivity index (χ1v) is 14.8. The Labute approximate surface area is 280 Å². The van der Waals surface area contributed by atoms with Crippen LogP contribution in [0.1, 0.15) is 49.9 Å². The molecule has 1 aliphatic rings. The molecule has 47 heavy (non-hydrogen) atoms. The van der Waals surface area contributed by atoms with Gasteiger partial charge in [0.05, 0.1) is 22.2 Å². The molecule has 1 fully saturated rings. The van der Waals surface area contributed by atoms with Crippen LogP contribution in [0.5, 0.6) is 0 Å². The highest BCUT2D eigenvalue weighted by molar-refractivity contribution is 6.41. The summed E-state index contributed by atoms with van der Waals surface area (Å²) < 4.78 is 22.0. The highest BCUT2D eigenvalue weighted by Crippen LogP contribution is 2.40. The van der Waals surface area contributed by atoms with Crippen molar-refractivity contribution in [2.75, 3.05) is 25.5 Å². The number of likely N-dealkylation sites (N-methyl/N-ethyl adjacent to an activating group) is 1. The Hall–Kier alpha value is -3.16. The van der Waals surface area contributed by atoms with Gasteiger partial charge in [0.1, 0.15) is 46.7 Å². The lowest BCUT2D eigenvalue weighted by Crippen LogP contribution is -2.82. The lowest BCUT2D eigenvalue weighted by molar-refractivity contribution is -0.182. The zero-order valence-electron chi connectivity index (χ0n) is 27.5. The Bertz CT molecular complexity index is 1490.